The highest BCUT2D eigenvalue weighted by molar-refractivity contribution is 4.63. The minimum atomic E-state index is 0.902. The Bertz CT molecular complexity index is 113. The first kappa shape index (κ1) is 11.0. The smallest absolute Gasteiger partial charge is 0.0594 e. The third kappa shape index (κ3) is 5.24. The first-order valence-corrected chi connectivity index (χ1v) is 5.23. The molecule has 1 rings (SSSR count). The van der Waals surface area contributed by atoms with E-state index in [-0.39, 0.29) is 0 Å². The largest absolute Gasteiger partial charge is 0.379 e. The summed E-state index contributed by atoms with van der Waals surface area (Å²) in [5.74, 6) is 0. The summed E-state index contributed by atoms with van der Waals surface area (Å²) in [5.41, 5.74) is 0. The lowest BCUT2D eigenvalue weighted by molar-refractivity contribution is 0.0384. The SMILES string of the molecule is [CH2]CCCNCCN1CCOCC1. The molecule has 1 heterocycles. The van der Waals surface area contributed by atoms with E-state index in [2.05, 4.69) is 17.1 Å². The summed E-state index contributed by atoms with van der Waals surface area (Å²) in [6, 6.07) is 0. The molecule has 0 aliphatic carbocycles. The van der Waals surface area contributed by atoms with Crippen LogP contribution < -0.4 is 5.32 Å². The zero-order chi connectivity index (χ0) is 9.36. The Hall–Kier alpha value is -0.120. The van der Waals surface area contributed by atoms with Gasteiger partial charge < -0.3 is 10.1 Å². The van der Waals surface area contributed by atoms with Crippen LogP contribution in [0.25, 0.3) is 0 Å². The molecule has 1 N–H and O–H groups in total. The molecule has 0 aromatic carbocycles. The van der Waals surface area contributed by atoms with E-state index in [0.717, 1.165) is 52.4 Å². The number of hydrogen-bond donors (Lipinski definition) is 1. The number of hydrogen-bond acceptors (Lipinski definition) is 3. The standard InChI is InChI=1S/C10H21N2O/c1-2-3-4-11-5-6-12-7-9-13-10-8-12/h11H,1-10H2. The Kier molecular flexibility index (Phi) is 6.15. The zero-order valence-corrected chi connectivity index (χ0v) is 8.43. The summed E-state index contributed by atoms with van der Waals surface area (Å²) in [6.45, 7) is 11.2. The van der Waals surface area contributed by atoms with E-state index in [1.807, 2.05) is 0 Å². The Morgan fingerprint density at radius 3 is 2.69 bits per heavy atom. The summed E-state index contributed by atoms with van der Waals surface area (Å²) < 4.78 is 5.27. The van der Waals surface area contributed by atoms with Gasteiger partial charge in [0, 0.05) is 26.2 Å². The van der Waals surface area contributed by atoms with Gasteiger partial charge in [0.25, 0.3) is 0 Å². The Labute approximate surface area is 81.4 Å². The first-order chi connectivity index (χ1) is 6.43. The Balaban J connectivity index is 1.86. The van der Waals surface area contributed by atoms with Crippen LogP contribution in [0.3, 0.4) is 0 Å². The lowest BCUT2D eigenvalue weighted by Gasteiger charge is -2.26. The molecular formula is C10H21N2O. The highest BCUT2D eigenvalue weighted by Crippen LogP contribution is 1.94. The van der Waals surface area contributed by atoms with Crippen LogP contribution in [-0.2, 0) is 4.74 Å². The fraction of sp³-hybridized carbons (Fsp3) is 0.900. The number of morpholine rings is 1. The van der Waals surface area contributed by atoms with Crippen LogP contribution in [0.5, 0.6) is 0 Å². The molecule has 13 heavy (non-hydrogen) atoms. The van der Waals surface area contributed by atoms with Gasteiger partial charge in [-0.05, 0) is 13.0 Å². The Morgan fingerprint density at radius 2 is 2.00 bits per heavy atom. The fourth-order valence-corrected chi connectivity index (χ4v) is 1.44. The van der Waals surface area contributed by atoms with E-state index >= 15 is 0 Å². The predicted octanol–water partition coefficient (Wildman–Crippen LogP) is 0.522. The normalized spacial score (nSPS) is 19.2. The summed E-state index contributed by atoms with van der Waals surface area (Å²) in [5, 5.41) is 3.41. The predicted molar refractivity (Wildman–Crippen MR) is 54.7 cm³/mol. The van der Waals surface area contributed by atoms with Crippen LogP contribution in [0.1, 0.15) is 12.8 Å². The van der Waals surface area contributed by atoms with Crippen molar-refractivity contribution in [3.05, 3.63) is 6.92 Å². The number of ether oxygens (including phenoxy) is 1. The molecule has 3 nitrogen and oxygen atoms in total. The van der Waals surface area contributed by atoms with Crippen molar-refractivity contribution in [2.45, 2.75) is 12.8 Å². The topological polar surface area (TPSA) is 24.5 Å². The van der Waals surface area contributed by atoms with E-state index in [0.29, 0.717) is 0 Å². The molecule has 0 unspecified atom stereocenters. The van der Waals surface area contributed by atoms with Gasteiger partial charge in [0.05, 0.1) is 13.2 Å². The van der Waals surface area contributed by atoms with Gasteiger partial charge in [-0.15, -0.1) is 0 Å². The number of nitrogens with one attached hydrogen (secondary N) is 1. The maximum atomic E-state index is 5.27. The zero-order valence-electron chi connectivity index (χ0n) is 8.43. The lowest BCUT2D eigenvalue weighted by Crippen LogP contribution is -2.40. The molecule has 1 aliphatic rings. The fourth-order valence-electron chi connectivity index (χ4n) is 1.44. The van der Waals surface area contributed by atoms with Crippen LogP contribution in [-0.4, -0.2) is 50.8 Å². The molecule has 1 radical (unpaired) electrons. The maximum Gasteiger partial charge on any atom is 0.0594 e. The number of unbranched alkanes of at least 4 members (excludes halogenated alkanes) is 1. The highest BCUT2D eigenvalue weighted by Gasteiger charge is 2.08. The summed E-state index contributed by atoms with van der Waals surface area (Å²) >= 11 is 0. The van der Waals surface area contributed by atoms with Crippen LogP contribution in [0.4, 0.5) is 0 Å². The van der Waals surface area contributed by atoms with Crippen molar-refractivity contribution < 1.29 is 4.74 Å². The van der Waals surface area contributed by atoms with E-state index in [9.17, 15) is 0 Å². The monoisotopic (exact) mass is 185 g/mol. The van der Waals surface area contributed by atoms with Crippen molar-refractivity contribution in [3.63, 3.8) is 0 Å². The van der Waals surface area contributed by atoms with E-state index in [4.69, 9.17) is 4.74 Å². The molecule has 77 valence electrons. The van der Waals surface area contributed by atoms with Crippen molar-refractivity contribution in [1.82, 2.24) is 10.2 Å². The average molecular weight is 185 g/mol. The molecule has 1 saturated heterocycles. The van der Waals surface area contributed by atoms with Crippen LogP contribution in [0.15, 0.2) is 0 Å². The molecule has 1 aliphatic heterocycles. The first-order valence-electron chi connectivity index (χ1n) is 5.23. The average Bonchev–Trinajstić information content (AvgIpc) is 2.19. The molecule has 0 saturated carbocycles. The molecular weight excluding hydrogens is 164 g/mol. The molecule has 0 amide bonds. The van der Waals surface area contributed by atoms with E-state index in [1.54, 1.807) is 0 Å². The summed E-state index contributed by atoms with van der Waals surface area (Å²) in [4.78, 5) is 2.45. The van der Waals surface area contributed by atoms with Crippen molar-refractivity contribution in [1.29, 1.82) is 0 Å². The van der Waals surface area contributed by atoms with Gasteiger partial charge >= 0.3 is 0 Å². The highest BCUT2D eigenvalue weighted by atomic mass is 16.5. The number of nitrogens with zero attached hydrogens (tertiary/aromatic N) is 1. The van der Waals surface area contributed by atoms with E-state index in [1.165, 1.54) is 6.42 Å². The van der Waals surface area contributed by atoms with Crippen molar-refractivity contribution in [2.75, 3.05) is 45.9 Å². The Morgan fingerprint density at radius 1 is 1.23 bits per heavy atom. The quantitative estimate of drug-likeness (QED) is 0.611. The minimum absolute atomic E-state index is 0.902. The second-order valence-electron chi connectivity index (χ2n) is 3.41. The molecule has 0 atom stereocenters. The van der Waals surface area contributed by atoms with Gasteiger partial charge in [0.2, 0.25) is 0 Å². The second-order valence-corrected chi connectivity index (χ2v) is 3.41. The molecule has 0 spiro atoms. The molecule has 0 bridgehead atoms. The second kappa shape index (κ2) is 7.30. The lowest BCUT2D eigenvalue weighted by atomic mass is 10.3. The van der Waals surface area contributed by atoms with Gasteiger partial charge in [-0.25, -0.2) is 0 Å². The van der Waals surface area contributed by atoms with Gasteiger partial charge in [-0.2, -0.15) is 0 Å². The maximum absolute atomic E-state index is 5.27. The van der Waals surface area contributed by atoms with Crippen LogP contribution in [0, 0.1) is 6.92 Å². The molecule has 0 aromatic rings. The van der Waals surface area contributed by atoms with Gasteiger partial charge in [-0.1, -0.05) is 13.3 Å². The summed E-state index contributed by atoms with van der Waals surface area (Å²) in [7, 11) is 0. The third-order valence-electron chi connectivity index (χ3n) is 2.31. The molecule has 0 aromatic heterocycles. The van der Waals surface area contributed by atoms with Crippen LogP contribution >= 0.6 is 0 Å². The van der Waals surface area contributed by atoms with Crippen molar-refractivity contribution in [2.24, 2.45) is 0 Å². The van der Waals surface area contributed by atoms with Gasteiger partial charge in [-0.3, -0.25) is 4.90 Å². The minimum Gasteiger partial charge on any atom is -0.379 e. The van der Waals surface area contributed by atoms with Crippen LogP contribution in [0.2, 0.25) is 0 Å². The molecule has 3 heteroatoms. The third-order valence-corrected chi connectivity index (χ3v) is 2.31. The van der Waals surface area contributed by atoms with E-state index < -0.39 is 0 Å². The molecule has 1 fully saturated rings. The number of rotatable bonds is 6. The van der Waals surface area contributed by atoms with Gasteiger partial charge in [0.15, 0.2) is 0 Å². The van der Waals surface area contributed by atoms with Crippen molar-refractivity contribution >= 4 is 0 Å². The summed E-state index contributed by atoms with van der Waals surface area (Å²) in [6.07, 6.45) is 2.22. The van der Waals surface area contributed by atoms with Crippen molar-refractivity contribution in [3.8, 4) is 0 Å². The van der Waals surface area contributed by atoms with Gasteiger partial charge in [0.1, 0.15) is 0 Å².